The minimum atomic E-state index is -0.944. The van der Waals surface area contributed by atoms with E-state index in [9.17, 15) is 28.8 Å². The fourth-order valence-corrected chi connectivity index (χ4v) is 3.91. The molecule has 0 unspecified atom stereocenters. The Kier molecular flexibility index (Phi) is 40.5. The smallest absolute Gasteiger partial charge is 0.463 e. The number of rotatable bonds is 18. The molecule has 0 atom stereocenters. The molecule has 354 valence electrons. The van der Waals surface area contributed by atoms with Crippen LogP contribution in [-0.4, -0.2) is 62.6 Å². The molecule has 0 fully saturated rings. The molecular formula is C49H67ClO14. The van der Waals surface area contributed by atoms with Gasteiger partial charge in [0.15, 0.2) is 0 Å². The van der Waals surface area contributed by atoms with E-state index in [0.29, 0.717) is 25.7 Å². The fourth-order valence-electron chi connectivity index (χ4n) is 3.70. The molecular weight excluding hydrogens is 848 g/mol. The number of carbonyl (C=O) groups excluding carboxylic acids is 6. The summed E-state index contributed by atoms with van der Waals surface area (Å²) in [4.78, 5) is 71.0. The lowest BCUT2D eigenvalue weighted by atomic mass is 10.2. The van der Waals surface area contributed by atoms with Gasteiger partial charge in [-0.15, -0.1) is 13.2 Å². The molecule has 0 heterocycles. The second-order valence-electron chi connectivity index (χ2n) is 12.1. The summed E-state index contributed by atoms with van der Waals surface area (Å²) in [7, 11) is 0. The van der Waals surface area contributed by atoms with Crippen LogP contribution in [0.4, 0.5) is 9.59 Å². The Balaban J connectivity index is -0.00000257. The monoisotopic (exact) mass is 914 g/mol. The zero-order chi connectivity index (χ0) is 49.1. The van der Waals surface area contributed by atoms with E-state index < -0.39 is 36.2 Å². The van der Waals surface area contributed by atoms with Gasteiger partial charge < -0.3 is 37.9 Å². The van der Waals surface area contributed by atoms with Crippen molar-refractivity contribution in [2.24, 2.45) is 0 Å². The third-order valence-corrected chi connectivity index (χ3v) is 6.53. The minimum absolute atomic E-state index is 0.00542. The van der Waals surface area contributed by atoms with Gasteiger partial charge in [-0.25, -0.2) is 28.8 Å². The summed E-state index contributed by atoms with van der Waals surface area (Å²) >= 11 is 6.26. The number of unbranched alkanes of at least 4 members (excludes halogenated alkanes) is 2. The van der Waals surface area contributed by atoms with Gasteiger partial charge in [0.2, 0.25) is 0 Å². The summed E-state index contributed by atoms with van der Waals surface area (Å²) < 4.78 is 40.4. The molecule has 0 amide bonds. The maximum absolute atomic E-state index is 12.7. The highest BCUT2D eigenvalue weighted by atomic mass is 35.5. The molecule has 0 saturated carbocycles. The highest BCUT2D eigenvalue weighted by Gasteiger charge is 2.16. The Morgan fingerprint density at radius 3 is 1.12 bits per heavy atom. The third kappa shape index (κ3) is 31.4. The fraction of sp³-hybridized carbons (Fsp3) is 0.388. The van der Waals surface area contributed by atoms with Crippen LogP contribution in [-0.2, 0) is 28.5 Å². The molecule has 0 aromatic heterocycles. The van der Waals surface area contributed by atoms with Crippen LogP contribution in [0.15, 0.2) is 105 Å². The lowest BCUT2D eigenvalue weighted by Crippen LogP contribution is -2.13. The van der Waals surface area contributed by atoms with Gasteiger partial charge in [-0.3, -0.25) is 0 Å². The third-order valence-electron chi connectivity index (χ3n) is 6.24. The average molecular weight is 916 g/mol. The van der Waals surface area contributed by atoms with E-state index in [2.05, 4.69) is 67.9 Å². The van der Waals surface area contributed by atoms with Gasteiger partial charge in [0.05, 0.1) is 42.6 Å². The Morgan fingerprint density at radius 1 is 0.484 bits per heavy atom. The van der Waals surface area contributed by atoms with Crippen LogP contribution in [0.5, 0.6) is 23.0 Å². The standard InChI is InChI=1S/C36H33ClO14.3C3H8.C2H6.C2H4/c1-3-31(38)44-19-5-7-21-46-35(42)49-26-13-9-24(10-14-26)33(40)48-28-17-18-30(29(37)23-28)51-34(41)25-11-15-27(16-12-25)50-36(43)47-22-8-6-20-45-32(39)4-2;3*1-3-2;2*1-2/h3-4,9-18,23H,1-2,5-8,19-22H2;3*3H2,1-2H3;1-2H3;1-2H2. The van der Waals surface area contributed by atoms with Gasteiger partial charge in [-0.1, -0.05) is 99.4 Å². The van der Waals surface area contributed by atoms with Crippen molar-refractivity contribution in [2.75, 3.05) is 26.4 Å². The molecule has 0 saturated heterocycles. The topological polar surface area (TPSA) is 176 Å². The first-order valence-corrected chi connectivity index (χ1v) is 21.4. The number of benzene rings is 3. The molecule has 0 N–H and O–H groups in total. The number of ether oxygens (including phenoxy) is 8. The predicted molar refractivity (Wildman–Crippen MR) is 249 cm³/mol. The zero-order valence-corrected chi connectivity index (χ0v) is 39.5. The van der Waals surface area contributed by atoms with Gasteiger partial charge in [0.25, 0.3) is 0 Å². The summed E-state index contributed by atoms with van der Waals surface area (Å²) in [6.07, 6.45) is 5.84. The molecule has 0 aliphatic carbocycles. The molecule has 3 aromatic rings. The van der Waals surface area contributed by atoms with Crippen LogP contribution in [0, 0.1) is 0 Å². The van der Waals surface area contributed by atoms with Crippen LogP contribution < -0.4 is 18.9 Å². The van der Waals surface area contributed by atoms with E-state index >= 15 is 0 Å². The molecule has 64 heavy (non-hydrogen) atoms. The van der Waals surface area contributed by atoms with Gasteiger partial charge in [-0.2, -0.15) is 0 Å². The van der Waals surface area contributed by atoms with Crippen LogP contribution in [0.25, 0.3) is 0 Å². The molecule has 15 heteroatoms. The maximum Gasteiger partial charge on any atom is 0.513 e. The lowest BCUT2D eigenvalue weighted by Gasteiger charge is -2.10. The number of carbonyl (C=O) groups is 6. The number of hydrogen-bond acceptors (Lipinski definition) is 14. The van der Waals surface area contributed by atoms with Crippen LogP contribution in [0.1, 0.15) is 121 Å². The van der Waals surface area contributed by atoms with Gasteiger partial charge >= 0.3 is 36.2 Å². The zero-order valence-electron chi connectivity index (χ0n) is 38.7. The molecule has 3 rings (SSSR count). The lowest BCUT2D eigenvalue weighted by molar-refractivity contribution is -0.138. The molecule has 0 radical (unpaired) electrons. The van der Waals surface area contributed by atoms with Crippen molar-refractivity contribution in [3.8, 4) is 23.0 Å². The summed E-state index contributed by atoms with van der Waals surface area (Å²) in [5.41, 5.74) is 0.265. The van der Waals surface area contributed by atoms with Crippen LogP contribution in [0.2, 0.25) is 5.02 Å². The summed E-state index contributed by atoms with van der Waals surface area (Å²) in [6.45, 7) is 29.8. The van der Waals surface area contributed by atoms with E-state index in [1.165, 1.54) is 86.0 Å². The largest absolute Gasteiger partial charge is 0.513 e. The van der Waals surface area contributed by atoms with E-state index in [-0.39, 0.29) is 65.6 Å². The normalized spacial score (nSPS) is 9.08. The van der Waals surface area contributed by atoms with Crippen molar-refractivity contribution in [1.82, 2.24) is 0 Å². The molecule has 0 aliphatic heterocycles. The molecule has 0 bridgehead atoms. The van der Waals surface area contributed by atoms with Crippen LogP contribution >= 0.6 is 11.6 Å². The highest BCUT2D eigenvalue weighted by Crippen LogP contribution is 2.30. The van der Waals surface area contributed by atoms with E-state index in [1.54, 1.807) is 0 Å². The number of halogens is 1. The van der Waals surface area contributed by atoms with Crippen molar-refractivity contribution in [3.63, 3.8) is 0 Å². The second-order valence-corrected chi connectivity index (χ2v) is 12.5. The van der Waals surface area contributed by atoms with E-state index in [0.717, 1.165) is 12.2 Å². The van der Waals surface area contributed by atoms with E-state index in [4.69, 9.17) is 49.5 Å². The molecule has 0 aliphatic rings. The summed E-state index contributed by atoms with van der Waals surface area (Å²) in [5.74, 6) is -2.24. The second kappa shape index (κ2) is 41.9. The maximum atomic E-state index is 12.7. The Labute approximate surface area is 384 Å². The van der Waals surface area contributed by atoms with E-state index in [1.807, 2.05) is 13.8 Å². The number of esters is 4. The van der Waals surface area contributed by atoms with Crippen molar-refractivity contribution in [1.29, 1.82) is 0 Å². The van der Waals surface area contributed by atoms with Gasteiger partial charge in [0.1, 0.15) is 23.0 Å². The SMILES string of the molecule is C=C.C=CC(=O)OCCCCOC(=O)Oc1ccc(C(=O)Oc2ccc(OC(=O)c3ccc(OC(=O)OCCCCOC(=O)C=C)cc3)c(Cl)c2)cc1.CC.CCC.CCC.CCC. The molecule has 14 nitrogen and oxygen atoms in total. The predicted octanol–water partition coefficient (Wildman–Crippen LogP) is 12.9. The van der Waals surface area contributed by atoms with Gasteiger partial charge in [0, 0.05) is 18.2 Å². The van der Waals surface area contributed by atoms with Gasteiger partial charge in [-0.05, 0) is 86.3 Å². The first kappa shape index (κ1) is 61.9. The highest BCUT2D eigenvalue weighted by molar-refractivity contribution is 6.32. The number of hydrogen-bond donors (Lipinski definition) is 0. The quantitative estimate of drug-likeness (QED) is 0.0224. The van der Waals surface area contributed by atoms with Crippen molar-refractivity contribution < 1.29 is 66.7 Å². The average Bonchev–Trinajstić information content (AvgIpc) is 3.29. The van der Waals surface area contributed by atoms with Crippen molar-refractivity contribution in [2.45, 2.75) is 100 Å². The Bertz CT molecular complexity index is 1770. The summed E-state index contributed by atoms with van der Waals surface area (Å²) in [5, 5.41) is -0.0183. The Hall–Kier alpha value is -6.41. The first-order valence-electron chi connectivity index (χ1n) is 21.0. The summed E-state index contributed by atoms with van der Waals surface area (Å²) in [6, 6.07) is 15.0. The Morgan fingerprint density at radius 2 is 0.797 bits per heavy atom. The van der Waals surface area contributed by atoms with Crippen molar-refractivity contribution in [3.05, 3.63) is 121 Å². The molecule has 0 spiro atoms. The van der Waals surface area contributed by atoms with Crippen molar-refractivity contribution >= 4 is 47.8 Å². The minimum Gasteiger partial charge on any atom is -0.463 e. The van der Waals surface area contributed by atoms with Crippen LogP contribution in [0.3, 0.4) is 0 Å². The molecule has 3 aromatic carbocycles. The first-order chi connectivity index (χ1) is 30.8.